The van der Waals surface area contributed by atoms with Crippen molar-refractivity contribution in [3.05, 3.63) is 41.5 Å². The molecule has 6 heteroatoms. The molecule has 0 saturated carbocycles. The lowest BCUT2D eigenvalue weighted by Crippen LogP contribution is -2.15. The van der Waals surface area contributed by atoms with Gasteiger partial charge in [-0.15, -0.1) is 0 Å². The Morgan fingerprint density at radius 3 is 2.95 bits per heavy atom. The third-order valence-electron chi connectivity index (χ3n) is 3.98. The zero-order chi connectivity index (χ0) is 14.4. The molecule has 1 aliphatic rings. The van der Waals surface area contributed by atoms with Gasteiger partial charge in [0.15, 0.2) is 10.9 Å². The van der Waals surface area contributed by atoms with Crippen LogP contribution in [-0.4, -0.2) is 39.6 Å². The second-order valence-electron chi connectivity index (χ2n) is 5.48. The molecule has 5 nitrogen and oxygen atoms in total. The average Bonchev–Trinajstić information content (AvgIpc) is 3.16. The minimum atomic E-state index is 0.372. The van der Waals surface area contributed by atoms with Gasteiger partial charge in [0, 0.05) is 24.7 Å². The number of pyridine rings is 1. The second kappa shape index (κ2) is 4.86. The number of imidazole rings is 1. The summed E-state index contributed by atoms with van der Waals surface area (Å²) in [5, 5.41) is 0.372. The molecule has 0 N–H and O–H groups in total. The molecule has 0 aromatic carbocycles. The van der Waals surface area contributed by atoms with Crippen molar-refractivity contribution in [2.75, 3.05) is 20.1 Å². The molecule has 3 aromatic rings. The monoisotopic (exact) mass is 302 g/mol. The van der Waals surface area contributed by atoms with Crippen LogP contribution in [0.3, 0.4) is 0 Å². The van der Waals surface area contributed by atoms with Crippen molar-refractivity contribution < 1.29 is 4.42 Å². The predicted molar refractivity (Wildman–Crippen MR) is 81.0 cm³/mol. The highest BCUT2D eigenvalue weighted by molar-refractivity contribution is 6.28. The SMILES string of the molecule is CN1CCC(c2nc3cccnc3n2-c2ccc(Cl)o2)C1. The summed E-state index contributed by atoms with van der Waals surface area (Å²) in [4.78, 5) is 11.6. The van der Waals surface area contributed by atoms with Gasteiger partial charge in [-0.1, -0.05) is 0 Å². The fourth-order valence-corrected chi connectivity index (χ4v) is 3.13. The number of likely N-dealkylation sites (tertiary alicyclic amines) is 1. The molecule has 4 rings (SSSR count). The quantitative estimate of drug-likeness (QED) is 0.730. The highest BCUT2D eigenvalue weighted by Gasteiger charge is 2.28. The first kappa shape index (κ1) is 12.9. The molecule has 1 fully saturated rings. The number of hydrogen-bond donors (Lipinski definition) is 0. The zero-order valence-electron chi connectivity index (χ0n) is 11.7. The molecule has 108 valence electrons. The largest absolute Gasteiger partial charge is 0.428 e. The molecule has 1 unspecified atom stereocenters. The summed E-state index contributed by atoms with van der Waals surface area (Å²) in [6.07, 6.45) is 2.86. The number of halogens is 1. The van der Waals surface area contributed by atoms with Crippen LogP contribution in [0.5, 0.6) is 0 Å². The molecule has 4 heterocycles. The van der Waals surface area contributed by atoms with E-state index in [2.05, 4.69) is 16.9 Å². The van der Waals surface area contributed by atoms with Gasteiger partial charge in [0.2, 0.25) is 5.88 Å². The van der Waals surface area contributed by atoms with E-state index in [1.54, 1.807) is 12.3 Å². The number of likely N-dealkylation sites (N-methyl/N-ethyl adjacent to an activating group) is 1. The molecule has 21 heavy (non-hydrogen) atoms. The Morgan fingerprint density at radius 2 is 2.24 bits per heavy atom. The van der Waals surface area contributed by atoms with Crippen molar-refractivity contribution in [2.24, 2.45) is 0 Å². The van der Waals surface area contributed by atoms with Crippen molar-refractivity contribution >= 4 is 22.8 Å². The van der Waals surface area contributed by atoms with E-state index in [-0.39, 0.29) is 0 Å². The van der Waals surface area contributed by atoms with Crippen LogP contribution >= 0.6 is 11.6 Å². The number of furan rings is 1. The normalized spacial score (nSPS) is 19.6. The van der Waals surface area contributed by atoms with Crippen molar-refractivity contribution in [3.8, 4) is 5.88 Å². The van der Waals surface area contributed by atoms with E-state index in [9.17, 15) is 0 Å². The lowest BCUT2D eigenvalue weighted by atomic mass is 10.1. The van der Waals surface area contributed by atoms with E-state index in [4.69, 9.17) is 21.0 Å². The summed E-state index contributed by atoms with van der Waals surface area (Å²) in [5.41, 5.74) is 1.70. The van der Waals surface area contributed by atoms with Gasteiger partial charge in [0.25, 0.3) is 0 Å². The maximum Gasteiger partial charge on any atom is 0.208 e. The van der Waals surface area contributed by atoms with Crippen molar-refractivity contribution in [2.45, 2.75) is 12.3 Å². The lowest BCUT2D eigenvalue weighted by molar-refractivity contribution is 0.408. The predicted octanol–water partition coefficient (Wildman–Crippen LogP) is 3.09. The van der Waals surface area contributed by atoms with Crippen molar-refractivity contribution in [3.63, 3.8) is 0 Å². The topological polar surface area (TPSA) is 47.1 Å². The standard InChI is InChI=1S/C15H15ClN4O/c1-19-8-6-10(9-19)14-18-11-3-2-7-17-15(11)20(14)13-5-4-12(16)21-13/h2-5,7,10H,6,8-9H2,1H3. The van der Waals surface area contributed by atoms with Crippen LogP contribution in [-0.2, 0) is 0 Å². The number of aromatic nitrogens is 3. The minimum Gasteiger partial charge on any atom is -0.428 e. The Bertz CT molecular complexity index is 794. The second-order valence-corrected chi connectivity index (χ2v) is 5.85. The van der Waals surface area contributed by atoms with Gasteiger partial charge in [-0.05, 0) is 49.8 Å². The molecule has 0 spiro atoms. The van der Waals surface area contributed by atoms with Gasteiger partial charge in [-0.2, -0.15) is 0 Å². The highest BCUT2D eigenvalue weighted by Crippen LogP contribution is 2.31. The Labute approximate surface area is 127 Å². The molecule has 0 bridgehead atoms. The van der Waals surface area contributed by atoms with Crippen LogP contribution in [0.4, 0.5) is 0 Å². The van der Waals surface area contributed by atoms with E-state index < -0.39 is 0 Å². The Morgan fingerprint density at radius 1 is 1.33 bits per heavy atom. The van der Waals surface area contributed by atoms with E-state index >= 15 is 0 Å². The lowest BCUT2D eigenvalue weighted by Gasteiger charge is -2.11. The van der Waals surface area contributed by atoms with Gasteiger partial charge in [-0.25, -0.2) is 14.5 Å². The van der Waals surface area contributed by atoms with E-state index in [0.29, 0.717) is 17.0 Å². The van der Waals surface area contributed by atoms with Gasteiger partial charge in [0.1, 0.15) is 11.3 Å². The smallest absolute Gasteiger partial charge is 0.208 e. The summed E-state index contributed by atoms with van der Waals surface area (Å²) in [5.74, 6) is 2.05. The molecular formula is C15H15ClN4O. The highest BCUT2D eigenvalue weighted by atomic mass is 35.5. The molecule has 3 aromatic heterocycles. The summed E-state index contributed by atoms with van der Waals surface area (Å²) < 4.78 is 7.59. The van der Waals surface area contributed by atoms with Crippen LogP contribution in [0, 0.1) is 0 Å². The first-order valence-corrected chi connectivity index (χ1v) is 7.38. The molecule has 1 aliphatic heterocycles. The Balaban J connectivity index is 1.93. The van der Waals surface area contributed by atoms with Crippen molar-refractivity contribution in [1.82, 2.24) is 19.4 Å². The number of hydrogen-bond acceptors (Lipinski definition) is 4. The molecular weight excluding hydrogens is 288 g/mol. The third-order valence-corrected chi connectivity index (χ3v) is 4.18. The number of nitrogens with zero attached hydrogens (tertiary/aromatic N) is 4. The van der Waals surface area contributed by atoms with Crippen LogP contribution in [0.15, 0.2) is 34.9 Å². The average molecular weight is 303 g/mol. The van der Waals surface area contributed by atoms with Crippen LogP contribution < -0.4 is 0 Å². The first-order chi connectivity index (χ1) is 10.2. The summed E-state index contributed by atoms with van der Waals surface area (Å²) in [7, 11) is 2.13. The van der Waals surface area contributed by atoms with E-state index in [0.717, 1.165) is 36.5 Å². The van der Waals surface area contributed by atoms with Crippen LogP contribution in [0.25, 0.3) is 17.0 Å². The summed E-state index contributed by atoms with van der Waals surface area (Å²) in [6.45, 7) is 2.08. The maximum atomic E-state index is 5.93. The molecule has 1 atom stereocenters. The molecule has 0 radical (unpaired) electrons. The van der Waals surface area contributed by atoms with Gasteiger partial charge < -0.3 is 9.32 Å². The van der Waals surface area contributed by atoms with Gasteiger partial charge >= 0.3 is 0 Å². The maximum absolute atomic E-state index is 5.93. The first-order valence-electron chi connectivity index (χ1n) is 7.00. The molecule has 0 aliphatic carbocycles. The number of fused-ring (bicyclic) bond motifs is 1. The number of rotatable bonds is 2. The molecule has 1 saturated heterocycles. The van der Waals surface area contributed by atoms with E-state index in [1.165, 1.54) is 0 Å². The summed E-state index contributed by atoms with van der Waals surface area (Å²) in [6, 6.07) is 7.49. The Kier molecular flexibility index (Phi) is 2.97. The van der Waals surface area contributed by atoms with Gasteiger partial charge in [-0.3, -0.25) is 0 Å². The minimum absolute atomic E-state index is 0.372. The van der Waals surface area contributed by atoms with Crippen LogP contribution in [0.2, 0.25) is 5.22 Å². The Hall–Kier alpha value is -1.85. The third kappa shape index (κ3) is 2.13. The fraction of sp³-hybridized carbons (Fsp3) is 0.333. The molecule has 0 amide bonds. The fourth-order valence-electron chi connectivity index (χ4n) is 2.99. The van der Waals surface area contributed by atoms with Gasteiger partial charge in [0.05, 0.1) is 0 Å². The zero-order valence-corrected chi connectivity index (χ0v) is 12.4. The van der Waals surface area contributed by atoms with Crippen molar-refractivity contribution in [1.29, 1.82) is 0 Å². The van der Waals surface area contributed by atoms with Crippen LogP contribution in [0.1, 0.15) is 18.2 Å². The summed E-state index contributed by atoms with van der Waals surface area (Å²) >= 11 is 5.93. The van der Waals surface area contributed by atoms with E-state index in [1.807, 2.05) is 22.8 Å².